The zero-order valence-electron chi connectivity index (χ0n) is 18.2. The summed E-state index contributed by atoms with van der Waals surface area (Å²) in [7, 11) is 0. The number of hydrogen-bond acceptors (Lipinski definition) is 4. The van der Waals surface area contributed by atoms with Crippen LogP contribution in [0.2, 0.25) is 0 Å². The van der Waals surface area contributed by atoms with E-state index in [0.29, 0.717) is 28.4 Å². The van der Waals surface area contributed by atoms with Gasteiger partial charge >= 0.3 is 0 Å². The number of anilines is 1. The standard InChI is InChI=1S/C26H26N2O3/c1-17-6-5-7-21(14-17)30-16-24(29)27-20-12-13-23-22(15-20)28-25(31-23)18-8-10-19(11-9-18)26(2,3)4/h5-15H,16H2,1-4H3,(H,27,29). The second kappa shape index (κ2) is 8.26. The predicted molar refractivity (Wildman–Crippen MR) is 123 cm³/mol. The summed E-state index contributed by atoms with van der Waals surface area (Å²) in [6, 6.07) is 21.3. The number of aryl methyl sites for hydroxylation is 1. The second-order valence-corrected chi connectivity index (χ2v) is 8.68. The first-order valence-electron chi connectivity index (χ1n) is 10.3. The minimum absolute atomic E-state index is 0.0638. The highest BCUT2D eigenvalue weighted by molar-refractivity contribution is 5.94. The fourth-order valence-corrected chi connectivity index (χ4v) is 3.29. The average Bonchev–Trinajstić information content (AvgIpc) is 3.15. The van der Waals surface area contributed by atoms with E-state index in [0.717, 1.165) is 11.1 Å². The van der Waals surface area contributed by atoms with Gasteiger partial charge in [0.05, 0.1) is 0 Å². The van der Waals surface area contributed by atoms with Gasteiger partial charge in [-0.25, -0.2) is 4.98 Å². The van der Waals surface area contributed by atoms with Crippen LogP contribution in [0.25, 0.3) is 22.6 Å². The highest BCUT2D eigenvalue weighted by atomic mass is 16.5. The normalized spacial score (nSPS) is 11.5. The lowest BCUT2D eigenvalue weighted by atomic mass is 9.87. The Balaban J connectivity index is 1.45. The van der Waals surface area contributed by atoms with Crippen LogP contribution in [0.15, 0.2) is 71.1 Å². The molecule has 4 rings (SSSR count). The van der Waals surface area contributed by atoms with Crippen LogP contribution in [0.3, 0.4) is 0 Å². The number of benzene rings is 3. The van der Waals surface area contributed by atoms with E-state index >= 15 is 0 Å². The Morgan fingerprint density at radius 1 is 1.03 bits per heavy atom. The van der Waals surface area contributed by atoms with Crippen molar-refractivity contribution in [1.82, 2.24) is 4.98 Å². The first-order chi connectivity index (χ1) is 14.8. The number of carbonyl (C=O) groups excluding carboxylic acids is 1. The molecule has 31 heavy (non-hydrogen) atoms. The molecule has 1 aromatic heterocycles. The summed E-state index contributed by atoms with van der Waals surface area (Å²) >= 11 is 0. The van der Waals surface area contributed by atoms with E-state index in [1.807, 2.05) is 49.4 Å². The molecule has 0 aliphatic heterocycles. The van der Waals surface area contributed by atoms with Crippen LogP contribution in [0, 0.1) is 6.92 Å². The van der Waals surface area contributed by atoms with Gasteiger partial charge < -0.3 is 14.5 Å². The van der Waals surface area contributed by atoms with E-state index in [2.05, 4.69) is 43.2 Å². The molecule has 0 aliphatic rings. The van der Waals surface area contributed by atoms with Crippen LogP contribution in [0.4, 0.5) is 5.69 Å². The molecule has 5 nitrogen and oxygen atoms in total. The van der Waals surface area contributed by atoms with Crippen molar-refractivity contribution in [2.45, 2.75) is 33.1 Å². The second-order valence-electron chi connectivity index (χ2n) is 8.68. The molecule has 1 N–H and O–H groups in total. The minimum atomic E-state index is -0.234. The van der Waals surface area contributed by atoms with Gasteiger partial charge in [0.15, 0.2) is 12.2 Å². The van der Waals surface area contributed by atoms with Crippen molar-refractivity contribution in [3.05, 3.63) is 77.9 Å². The van der Waals surface area contributed by atoms with Crippen LogP contribution in [0.5, 0.6) is 5.75 Å². The number of ether oxygens (including phenoxy) is 1. The maximum Gasteiger partial charge on any atom is 0.262 e. The fourth-order valence-electron chi connectivity index (χ4n) is 3.29. The van der Waals surface area contributed by atoms with E-state index in [1.54, 1.807) is 12.1 Å². The Morgan fingerprint density at radius 2 is 1.81 bits per heavy atom. The van der Waals surface area contributed by atoms with Crippen molar-refractivity contribution in [2.24, 2.45) is 0 Å². The maximum absolute atomic E-state index is 12.3. The lowest BCUT2D eigenvalue weighted by Gasteiger charge is -2.18. The Bertz CT molecular complexity index is 1220. The van der Waals surface area contributed by atoms with Crippen LogP contribution in [0.1, 0.15) is 31.9 Å². The highest BCUT2D eigenvalue weighted by Gasteiger charge is 2.15. The van der Waals surface area contributed by atoms with Crippen LogP contribution in [-0.4, -0.2) is 17.5 Å². The summed E-state index contributed by atoms with van der Waals surface area (Å²) in [5, 5.41) is 2.85. The Hall–Kier alpha value is -3.60. The van der Waals surface area contributed by atoms with Gasteiger partial charge in [0.1, 0.15) is 11.3 Å². The number of hydrogen-bond donors (Lipinski definition) is 1. The average molecular weight is 415 g/mol. The summed E-state index contributed by atoms with van der Waals surface area (Å²) < 4.78 is 11.5. The molecule has 0 unspecified atom stereocenters. The summed E-state index contributed by atoms with van der Waals surface area (Å²) in [6.45, 7) is 8.47. The van der Waals surface area contributed by atoms with E-state index < -0.39 is 0 Å². The van der Waals surface area contributed by atoms with Gasteiger partial charge in [0, 0.05) is 11.3 Å². The summed E-state index contributed by atoms with van der Waals surface area (Å²) in [5.74, 6) is 0.994. The molecule has 0 atom stereocenters. The fraction of sp³-hybridized carbons (Fsp3) is 0.231. The molecule has 0 bridgehead atoms. The van der Waals surface area contributed by atoms with Crippen molar-refractivity contribution < 1.29 is 13.9 Å². The molecular formula is C26H26N2O3. The molecule has 0 fully saturated rings. The third-order valence-corrected chi connectivity index (χ3v) is 5.03. The molecule has 158 valence electrons. The van der Waals surface area contributed by atoms with Crippen molar-refractivity contribution in [2.75, 3.05) is 11.9 Å². The molecule has 3 aromatic carbocycles. The number of amides is 1. The van der Waals surface area contributed by atoms with E-state index in [9.17, 15) is 4.79 Å². The summed E-state index contributed by atoms with van der Waals surface area (Å²) in [4.78, 5) is 16.9. The quantitative estimate of drug-likeness (QED) is 0.427. The number of nitrogens with zero attached hydrogens (tertiary/aromatic N) is 1. The number of rotatable bonds is 5. The Labute approximate surface area is 182 Å². The molecule has 0 radical (unpaired) electrons. The monoisotopic (exact) mass is 414 g/mol. The smallest absolute Gasteiger partial charge is 0.262 e. The largest absolute Gasteiger partial charge is 0.484 e. The molecule has 5 heteroatoms. The van der Waals surface area contributed by atoms with Gasteiger partial charge in [0.25, 0.3) is 5.91 Å². The molecule has 0 aliphatic carbocycles. The Kier molecular flexibility index (Phi) is 5.51. The molecular weight excluding hydrogens is 388 g/mol. The third kappa shape index (κ3) is 4.94. The van der Waals surface area contributed by atoms with Gasteiger partial charge in [0.2, 0.25) is 5.89 Å². The van der Waals surface area contributed by atoms with Gasteiger partial charge in [-0.2, -0.15) is 0 Å². The molecule has 0 saturated heterocycles. The van der Waals surface area contributed by atoms with Crippen molar-refractivity contribution in [1.29, 1.82) is 0 Å². The van der Waals surface area contributed by atoms with E-state index in [4.69, 9.17) is 9.15 Å². The summed E-state index contributed by atoms with van der Waals surface area (Å²) in [5.41, 5.74) is 5.35. The van der Waals surface area contributed by atoms with Crippen molar-refractivity contribution in [3.8, 4) is 17.2 Å². The zero-order chi connectivity index (χ0) is 22.0. The number of oxazole rings is 1. The topological polar surface area (TPSA) is 64.4 Å². The van der Waals surface area contributed by atoms with E-state index in [1.165, 1.54) is 5.56 Å². The number of fused-ring (bicyclic) bond motifs is 1. The predicted octanol–water partition coefficient (Wildman–Crippen LogP) is 6.12. The van der Waals surface area contributed by atoms with Crippen LogP contribution in [-0.2, 0) is 10.2 Å². The number of nitrogens with one attached hydrogen (secondary N) is 1. The molecule has 0 saturated carbocycles. The maximum atomic E-state index is 12.3. The zero-order valence-corrected chi connectivity index (χ0v) is 18.2. The Morgan fingerprint density at radius 3 is 2.52 bits per heavy atom. The molecule has 0 spiro atoms. The first-order valence-corrected chi connectivity index (χ1v) is 10.3. The van der Waals surface area contributed by atoms with Crippen LogP contribution < -0.4 is 10.1 Å². The highest BCUT2D eigenvalue weighted by Crippen LogP contribution is 2.29. The van der Waals surface area contributed by atoms with Crippen molar-refractivity contribution >= 4 is 22.7 Å². The van der Waals surface area contributed by atoms with Gasteiger partial charge in [-0.05, 0) is 65.9 Å². The van der Waals surface area contributed by atoms with Gasteiger partial charge in [-0.3, -0.25) is 4.79 Å². The first kappa shape index (κ1) is 20.7. The number of carbonyl (C=O) groups is 1. The van der Waals surface area contributed by atoms with Gasteiger partial charge in [-0.15, -0.1) is 0 Å². The van der Waals surface area contributed by atoms with Crippen LogP contribution >= 0.6 is 0 Å². The van der Waals surface area contributed by atoms with Crippen molar-refractivity contribution in [3.63, 3.8) is 0 Å². The minimum Gasteiger partial charge on any atom is -0.484 e. The van der Waals surface area contributed by atoms with Gasteiger partial charge in [-0.1, -0.05) is 45.0 Å². The lowest BCUT2D eigenvalue weighted by molar-refractivity contribution is -0.118. The van der Waals surface area contributed by atoms with E-state index in [-0.39, 0.29) is 17.9 Å². The molecule has 1 amide bonds. The SMILES string of the molecule is Cc1cccc(OCC(=O)Nc2ccc3oc(-c4ccc(C(C)(C)C)cc4)nc3c2)c1. The lowest BCUT2D eigenvalue weighted by Crippen LogP contribution is -2.20. The number of aromatic nitrogens is 1. The third-order valence-electron chi connectivity index (χ3n) is 5.03. The molecule has 4 aromatic rings. The summed E-state index contributed by atoms with van der Waals surface area (Å²) in [6.07, 6.45) is 0. The molecule has 1 heterocycles.